The first-order valence-corrected chi connectivity index (χ1v) is 6.25. The number of nitrogens with zero attached hydrogens (tertiary/aromatic N) is 1. The van der Waals surface area contributed by atoms with Crippen LogP contribution in [-0.4, -0.2) is 24.7 Å². The summed E-state index contributed by atoms with van der Waals surface area (Å²) in [5, 5.41) is 2.81. The van der Waals surface area contributed by atoms with Gasteiger partial charge in [-0.05, 0) is 32.8 Å². The van der Waals surface area contributed by atoms with Gasteiger partial charge in [0.05, 0.1) is 0 Å². The molecule has 0 spiro atoms. The molecule has 0 bridgehead atoms. The number of hydrogen-bond donors (Lipinski definition) is 1. The quantitative estimate of drug-likeness (QED) is 0.412. The summed E-state index contributed by atoms with van der Waals surface area (Å²) in [6.07, 6.45) is 9.46. The lowest BCUT2D eigenvalue weighted by Gasteiger charge is -2.01. The van der Waals surface area contributed by atoms with Crippen molar-refractivity contribution >= 4 is 12.1 Å². The highest BCUT2D eigenvalue weighted by Gasteiger charge is 2.00. The van der Waals surface area contributed by atoms with E-state index in [-0.39, 0.29) is 5.91 Å². The van der Waals surface area contributed by atoms with Crippen LogP contribution in [0.2, 0.25) is 0 Å². The highest BCUT2D eigenvalue weighted by atomic mass is 16.1. The number of aliphatic imine (C=N–C) groups is 1. The van der Waals surface area contributed by atoms with Crippen LogP contribution in [-0.2, 0) is 4.79 Å². The van der Waals surface area contributed by atoms with Crippen molar-refractivity contribution in [2.24, 2.45) is 4.99 Å². The van der Waals surface area contributed by atoms with Crippen molar-refractivity contribution in [3.63, 3.8) is 0 Å². The Kier molecular flexibility index (Phi) is 9.02. The minimum atomic E-state index is -0.0404. The molecule has 0 saturated heterocycles. The Labute approximate surface area is 105 Å². The van der Waals surface area contributed by atoms with Crippen molar-refractivity contribution in [1.29, 1.82) is 0 Å². The molecule has 0 radical (unpaired) electrons. The Morgan fingerprint density at radius 1 is 1.35 bits per heavy atom. The summed E-state index contributed by atoms with van der Waals surface area (Å²) in [5.74, 6) is -0.0404. The predicted octanol–water partition coefficient (Wildman–Crippen LogP) is 2.88. The number of nitrogens with one attached hydrogen (secondary N) is 1. The Balaban J connectivity index is 4.07. The summed E-state index contributed by atoms with van der Waals surface area (Å²) < 4.78 is 0. The van der Waals surface area contributed by atoms with E-state index in [9.17, 15) is 4.79 Å². The molecular weight excluding hydrogens is 212 g/mol. The molecule has 0 fully saturated rings. The lowest BCUT2D eigenvalue weighted by molar-refractivity contribution is -0.117. The minimum Gasteiger partial charge on any atom is -0.349 e. The van der Waals surface area contributed by atoms with Gasteiger partial charge in [-0.2, -0.15) is 0 Å². The van der Waals surface area contributed by atoms with E-state index in [4.69, 9.17) is 0 Å². The van der Waals surface area contributed by atoms with Gasteiger partial charge >= 0.3 is 0 Å². The molecule has 0 aliphatic rings. The fourth-order valence-corrected chi connectivity index (χ4v) is 1.02. The van der Waals surface area contributed by atoms with E-state index in [1.165, 1.54) is 0 Å². The maximum absolute atomic E-state index is 11.6. The molecule has 1 atom stereocenters. The standard InChI is InChI=1S/C14H24N2O/c1-5-7-8-10-16-14(17)12(3)9-11-15-13(4)6-2/h7-9,11,13H,5-6,10H2,1-4H3,(H,16,17)/b8-7+,12-9+,15-11-. The molecule has 0 aromatic carbocycles. The van der Waals surface area contributed by atoms with E-state index < -0.39 is 0 Å². The number of allylic oxidation sites excluding steroid dienone is 2. The van der Waals surface area contributed by atoms with Gasteiger partial charge < -0.3 is 5.32 Å². The summed E-state index contributed by atoms with van der Waals surface area (Å²) in [7, 11) is 0. The molecule has 0 aliphatic carbocycles. The van der Waals surface area contributed by atoms with E-state index in [0.717, 1.165) is 12.8 Å². The summed E-state index contributed by atoms with van der Waals surface area (Å²) in [5.41, 5.74) is 0.682. The van der Waals surface area contributed by atoms with Gasteiger partial charge in [-0.1, -0.05) is 26.0 Å². The molecule has 0 aromatic heterocycles. The Morgan fingerprint density at radius 2 is 2.06 bits per heavy atom. The fourth-order valence-electron chi connectivity index (χ4n) is 1.02. The van der Waals surface area contributed by atoms with Gasteiger partial charge in [0.2, 0.25) is 5.91 Å². The third kappa shape index (κ3) is 8.43. The van der Waals surface area contributed by atoms with E-state index in [2.05, 4.69) is 31.1 Å². The highest BCUT2D eigenvalue weighted by molar-refractivity contribution is 5.96. The molecular formula is C14H24N2O. The van der Waals surface area contributed by atoms with Crippen LogP contribution in [0.15, 0.2) is 28.8 Å². The van der Waals surface area contributed by atoms with Crippen LogP contribution in [0, 0.1) is 0 Å². The summed E-state index contributed by atoms with van der Waals surface area (Å²) in [6, 6.07) is 0.314. The second kappa shape index (κ2) is 9.82. The number of rotatable bonds is 7. The number of hydrogen-bond acceptors (Lipinski definition) is 2. The van der Waals surface area contributed by atoms with Gasteiger partial charge in [0.15, 0.2) is 0 Å². The van der Waals surface area contributed by atoms with E-state index in [1.807, 2.05) is 12.2 Å². The lowest BCUT2D eigenvalue weighted by atomic mass is 10.2. The molecule has 1 N–H and O–H groups in total. The first-order valence-electron chi connectivity index (χ1n) is 6.25. The van der Waals surface area contributed by atoms with E-state index >= 15 is 0 Å². The number of carbonyl (C=O) groups is 1. The minimum absolute atomic E-state index is 0.0404. The lowest BCUT2D eigenvalue weighted by Crippen LogP contribution is -2.24. The van der Waals surface area contributed by atoms with Crippen LogP contribution in [0.3, 0.4) is 0 Å². The van der Waals surface area contributed by atoms with Gasteiger partial charge in [0.1, 0.15) is 0 Å². The molecule has 1 unspecified atom stereocenters. The molecule has 3 nitrogen and oxygen atoms in total. The molecule has 3 heteroatoms. The second-order valence-electron chi connectivity index (χ2n) is 3.99. The molecule has 1 amide bonds. The maximum Gasteiger partial charge on any atom is 0.247 e. The van der Waals surface area contributed by atoms with Crippen LogP contribution in [0.5, 0.6) is 0 Å². The predicted molar refractivity (Wildman–Crippen MR) is 74.4 cm³/mol. The zero-order valence-electron chi connectivity index (χ0n) is 11.4. The largest absolute Gasteiger partial charge is 0.349 e. The zero-order valence-corrected chi connectivity index (χ0v) is 11.4. The highest BCUT2D eigenvalue weighted by Crippen LogP contribution is 1.95. The smallest absolute Gasteiger partial charge is 0.247 e. The molecule has 0 aromatic rings. The van der Waals surface area contributed by atoms with Crippen LogP contribution < -0.4 is 5.32 Å². The van der Waals surface area contributed by atoms with Crippen LogP contribution >= 0.6 is 0 Å². The average molecular weight is 236 g/mol. The van der Waals surface area contributed by atoms with Crippen molar-refractivity contribution in [2.45, 2.75) is 46.6 Å². The van der Waals surface area contributed by atoms with Crippen LogP contribution in [0.4, 0.5) is 0 Å². The van der Waals surface area contributed by atoms with Crippen molar-refractivity contribution < 1.29 is 4.79 Å². The van der Waals surface area contributed by atoms with Gasteiger partial charge in [0.25, 0.3) is 0 Å². The molecule has 0 aliphatic heterocycles. The van der Waals surface area contributed by atoms with E-state index in [0.29, 0.717) is 18.2 Å². The van der Waals surface area contributed by atoms with Gasteiger partial charge in [-0.25, -0.2) is 0 Å². The first kappa shape index (κ1) is 15.6. The second-order valence-corrected chi connectivity index (χ2v) is 3.99. The Bertz CT molecular complexity index is 303. The van der Waals surface area contributed by atoms with Gasteiger partial charge in [0, 0.05) is 24.4 Å². The number of amides is 1. The van der Waals surface area contributed by atoms with Crippen molar-refractivity contribution in [2.75, 3.05) is 6.54 Å². The van der Waals surface area contributed by atoms with Crippen molar-refractivity contribution in [3.8, 4) is 0 Å². The zero-order chi connectivity index (χ0) is 13.1. The topological polar surface area (TPSA) is 41.5 Å². The summed E-state index contributed by atoms with van der Waals surface area (Å²) in [6.45, 7) is 8.58. The summed E-state index contributed by atoms with van der Waals surface area (Å²) >= 11 is 0. The molecule has 96 valence electrons. The Hall–Kier alpha value is -1.38. The third-order valence-electron chi connectivity index (χ3n) is 2.40. The summed E-state index contributed by atoms with van der Waals surface area (Å²) in [4.78, 5) is 15.9. The van der Waals surface area contributed by atoms with Crippen molar-refractivity contribution in [1.82, 2.24) is 5.32 Å². The molecule has 0 saturated carbocycles. The average Bonchev–Trinajstić information content (AvgIpc) is 2.33. The monoisotopic (exact) mass is 236 g/mol. The fraction of sp³-hybridized carbons (Fsp3) is 0.571. The molecule has 0 rings (SSSR count). The third-order valence-corrected chi connectivity index (χ3v) is 2.40. The van der Waals surface area contributed by atoms with E-state index in [1.54, 1.807) is 19.2 Å². The Morgan fingerprint density at radius 3 is 2.65 bits per heavy atom. The first-order chi connectivity index (χ1) is 8.11. The molecule has 0 heterocycles. The maximum atomic E-state index is 11.6. The van der Waals surface area contributed by atoms with Gasteiger partial charge in [-0.15, -0.1) is 0 Å². The normalized spacial score (nSPS) is 14.5. The SMILES string of the molecule is CC/C=C/CNC(=O)/C(C)=C/C=N\C(C)CC. The van der Waals surface area contributed by atoms with Crippen LogP contribution in [0.25, 0.3) is 0 Å². The van der Waals surface area contributed by atoms with Gasteiger partial charge in [-0.3, -0.25) is 9.79 Å². The molecule has 17 heavy (non-hydrogen) atoms. The number of carbonyl (C=O) groups excluding carboxylic acids is 1. The van der Waals surface area contributed by atoms with Crippen molar-refractivity contribution in [3.05, 3.63) is 23.8 Å². The van der Waals surface area contributed by atoms with Crippen LogP contribution in [0.1, 0.15) is 40.5 Å².